The molecule has 19 heavy (non-hydrogen) atoms. The van der Waals surface area contributed by atoms with E-state index in [9.17, 15) is 8.78 Å². The zero-order valence-electron chi connectivity index (χ0n) is 10.00. The summed E-state index contributed by atoms with van der Waals surface area (Å²) in [6.07, 6.45) is 0. The van der Waals surface area contributed by atoms with E-state index in [0.29, 0.717) is 10.0 Å². The molecule has 2 aromatic rings. The average molecular weight is 328 g/mol. The van der Waals surface area contributed by atoms with Gasteiger partial charge in [0.1, 0.15) is 12.4 Å². The minimum atomic E-state index is -0.457. The van der Waals surface area contributed by atoms with Gasteiger partial charge in [0.25, 0.3) is 0 Å². The smallest absolute Gasteiger partial charge is 0.165 e. The van der Waals surface area contributed by atoms with Crippen LogP contribution in [-0.4, -0.2) is 0 Å². The summed E-state index contributed by atoms with van der Waals surface area (Å²) >= 11 is 3.23. The molecule has 0 amide bonds. The van der Waals surface area contributed by atoms with E-state index in [1.165, 1.54) is 24.3 Å². The largest absolute Gasteiger partial charge is 0.486 e. The molecule has 0 saturated heterocycles. The molecule has 2 nitrogen and oxygen atoms in total. The molecule has 0 atom stereocenters. The molecule has 2 rings (SSSR count). The van der Waals surface area contributed by atoms with Crippen molar-refractivity contribution in [3.05, 3.63) is 63.6 Å². The molecule has 100 valence electrons. The molecule has 0 spiro atoms. The van der Waals surface area contributed by atoms with Crippen LogP contribution < -0.4 is 10.5 Å². The topological polar surface area (TPSA) is 35.2 Å². The third-order valence-electron chi connectivity index (χ3n) is 2.63. The molecule has 0 bridgehead atoms. The molecule has 2 N–H and O–H groups in total. The van der Waals surface area contributed by atoms with Crippen molar-refractivity contribution in [2.45, 2.75) is 13.2 Å². The van der Waals surface area contributed by atoms with Gasteiger partial charge in [-0.05, 0) is 29.8 Å². The first-order valence-electron chi connectivity index (χ1n) is 5.65. The fourth-order valence-corrected chi connectivity index (χ4v) is 2.05. The minimum absolute atomic E-state index is 0.147. The molecule has 0 aliphatic rings. The second kappa shape index (κ2) is 6.12. The fraction of sp³-hybridized carbons (Fsp3) is 0.143. The van der Waals surface area contributed by atoms with E-state index in [-0.39, 0.29) is 24.7 Å². The predicted molar refractivity (Wildman–Crippen MR) is 72.7 cm³/mol. The van der Waals surface area contributed by atoms with E-state index in [1.54, 1.807) is 12.1 Å². The quantitative estimate of drug-likeness (QED) is 0.927. The first kappa shape index (κ1) is 14.0. The Morgan fingerprint density at radius 3 is 2.53 bits per heavy atom. The third-order valence-corrected chi connectivity index (χ3v) is 3.37. The number of halogens is 3. The van der Waals surface area contributed by atoms with Crippen LogP contribution in [0.15, 0.2) is 40.9 Å². The van der Waals surface area contributed by atoms with Crippen molar-refractivity contribution < 1.29 is 13.5 Å². The second-order valence-corrected chi connectivity index (χ2v) is 4.85. The Balaban J connectivity index is 2.10. The summed E-state index contributed by atoms with van der Waals surface area (Å²) in [5.74, 6) is -0.649. The Morgan fingerprint density at radius 1 is 1.11 bits per heavy atom. The molecule has 0 fully saturated rings. The molecule has 5 heteroatoms. The standard InChI is InChI=1S/C14H12BrF2NO/c15-12-6-11(16)3-2-10(12)8-19-14-4-1-9(7-18)5-13(14)17/h1-6H,7-8,18H2. The molecule has 2 aromatic carbocycles. The van der Waals surface area contributed by atoms with Gasteiger partial charge < -0.3 is 10.5 Å². The highest BCUT2D eigenvalue weighted by Crippen LogP contribution is 2.23. The maximum absolute atomic E-state index is 13.7. The van der Waals surface area contributed by atoms with Crippen molar-refractivity contribution in [3.63, 3.8) is 0 Å². The van der Waals surface area contributed by atoms with E-state index in [0.717, 1.165) is 5.56 Å². The zero-order chi connectivity index (χ0) is 13.8. The van der Waals surface area contributed by atoms with Crippen LogP contribution in [0.5, 0.6) is 5.75 Å². The lowest BCUT2D eigenvalue weighted by molar-refractivity contribution is 0.289. The summed E-state index contributed by atoms with van der Waals surface area (Å²) in [5, 5.41) is 0. The average Bonchev–Trinajstić information content (AvgIpc) is 2.39. The van der Waals surface area contributed by atoms with Gasteiger partial charge in [-0.25, -0.2) is 8.78 Å². The normalized spacial score (nSPS) is 10.5. The van der Waals surface area contributed by atoms with Gasteiger partial charge >= 0.3 is 0 Å². The van der Waals surface area contributed by atoms with Gasteiger partial charge in [-0.1, -0.05) is 28.1 Å². The first-order valence-corrected chi connectivity index (χ1v) is 6.44. The van der Waals surface area contributed by atoms with Crippen LogP contribution in [0.3, 0.4) is 0 Å². The Hall–Kier alpha value is -1.46. The summed E-state index contributed by atoms with van der Waals surface area (Å²) in [4.78, 5) is 0. The SMILES string of the molecule is NCc1ccc(OCc2ccc(F)cc2Br)c(F)c1. The van der Waals surface area contributed by atoms with Crippen molar-refractivity contribution in [1.82, 2.24) is 0 Å². The highest BCUT2D eigenvalue weighted by atomic mass is 79.9. The van der Waals surface area contributed by atoms with Crippen LogP contribution in [0.25, 0.3) is 0 Å². The van der Waals surface area contributed by atoms with Crippen LogP contribution in [0.4, 0.5) is 8.78 Å². The highest BCUT2D eigenvalue weighted by Gasteiger charge is 2.07. The van der Waals surface area contributed by atoms with E-state index < -0.39 is 5.82 Å². The number of benzene rings is 2. The molecule has 0 radical (unpaired) electrons. The molecule has 0 saturated carbocycles. The van der Waals surface area contributed by atoms with E-state index >= 15 is 0 Å². The predicted octanol–water partition coefficient (Wildman–Crippen LogP) is 3.77. The van der Waals surface area contributed by atoms with Crippen molar-refractivity contribution in [3.8, 4) is 5.75 Å². The summed E-state index contributed by atoms with van der Waals surface area (Å²) < 4.78 is 32.5. The Bertz CT molecular complexity index is 590. The second-order valence-electron chi connectivity index (χ2n) is 3.99. The maximum atomic E-state index is 13.7. The first-order chi connectivity index (χ1) is 9.10. The fourth-order valence-electron chi connectivity index (χ4n) is 1.58. The van der Waals surface area contributed by atoms with Crippen molar-refractivity contribution >= 4 is 15.9 Å². The van der Waals surface area contributed by atoms with Crippen molar-refractivity contribution in [2.24, 2.45) is 5.73 Å². The highest BCUT2D eigenvalue weighted by molar-refractivity contribution is 9.10. The van der Waals surface area contributed by atoms with E-state index in [4.69, 9.17) is 10.5 Å². The number of nitrogens with two attached hydrogens (primary N) is 1. The molecule has 0 heterocycles. The molecule has 0 unspecified atom stereocenters. The van der Waals surface area contributed by atoms with Crippen molar-refractivity contribution in [2.75, 3.05) is 0 Å². The Labute approximate surface area is 118 Å². The van der Waals surface area contributed by atoms with Gasteiger partial charge in [0.2, 0.25) is 0 Å². The van der Waals surface area contributed by atoms with E-state index in [2.05, 4.69) is 15.9 Å². The van der Waals surface area contributed by atoms with Crippen LogP contribution in [0.1, 0.15) is 11.1 Å². The number of hydrogen-bond donors (Lipinski definition) is 1. The lowest BCUT2D eigenvalue weighted by Gasteiger charge is -2.09. The molecule has 0 aliphatic carbocycles. The zero-order valence-corrected chi connectivity index (χ0v) is 11.6. The van der Waals surface area contributed by atoms with Gasteiger partial charge in [-0.15, -0.1) is 0 Å². The van der Waals surface area contributed by atoms with Crippen LogP contribution in [-0.2, 0) is 13.2 Å². The summed E-state index contributed by atoms with van der Waals surface area (Å²) in [6, 6.07) is 8.84. The molecular formula is C14H12BrF2NO. The van der Waals surface area contributed by atoms with E-state index in [1.807, 2.05) is 0 Å². The van der Waals surface area contributed by atoms with Crippen LogP contribution in [0, 0.1) is 11.6 Å². The molecular weight excluding hydrogens is 316 g/mol. The van der Waals surface area contributed by atoms with Gasteiger partial charge in [-0.2, -0.15) is 0 Å². The van der Waals surface area contributed by atoms with Crippen molar-refractivity contribution in [1.29, 1.82) is 0 Å². The summed E-state index contributed by atoms with van der Waals surface area (Å²) in [7, 11) is 0. The number of rotatable bonds is 4. The van der Waals surface area contributed by atoms with Gasteiger partial charge in [0.05, 0.1) is 0 Å². The number of ether oxygens (including phenoxy) is 1. The van der Waals surface area contributed by atoms with Crippen LogP contribution in [0.2, 0.25) is 0 Å². The maximum Gasteiger partial charge on any atom is 0.165 e. The van der Waals surface area contributed by atoms with Gasteiger partial charge in [0, 0.05) is 16.6 Å². The molecule has 0 aliphatic heterocycles. The minimum Gasteiger partial charge on any atom is -0.486 e. The third kappa shape index (κ3) is 3.52. The number of hydrogen-bond acceptors (Lipinski definition) is 2. The summed E-state index contributed by atoms with van der Waals surface area (Å²) in [5.41, 5.74) is 6.86. The van der Waals surface area contributed by atoms with Crippen LogP contribution >= 0.6 is 15.9 Å². The molecule has 0 aromatic heterocycles. The lowest BCUT2D eigenvalue weighted by Crippen LogP contribution is -2.01. The summed E-state index contributed by atoms with van der Waals surface area (Å²) in [6.45, 7) is 0.431. The monoisotopic (exact) mass is 327 g/mol. The Kier molecular flexibility index (Phi) is 4.50. The van der Waals surface area contributed by atoms with Gasteiger partial charge in [0.15, 0.2) is 11.6 Å². The van der Waals surface area contributed by atoms with Gasteiger partial charge in [-0.3, -0.25) is 0 Å². The lowest BCUT2D eigenvalue weighted by atomic mass is 10.2. The Morgan fingerprint density at radius 2 is 1.89 bits per heavy atom.